The zero-order chi connectivity index (χ0) is 23.4. The van der Waals surface area contributed by atoms with Gasteiger partial charge in [0.05, 0.1) is 22.7 Å². The number of sulfonamides is 1. The zero-order valence-electron chi connectivity index (χ0n) is 18.2. The van der Waals surface area contributed by atoms with Crippen molar-refractivity contribution in [2.75, 3.05) is 18.7 Å². The van der Waals surface area contributed by atoms with Crippen LogP contribution in [0.2, 0.25) is 5.02 Å². The Balaban J connectivity index is 0.000000747. The number of ether oxygens (including phenoxy) is 2. The number of halogens is 2. The number of rotatable bonds is 9. The molecule has 0 fully saturated rings. The van der Waals surface area contributed by atoms with E-state index >= 15 is 0 Å². The molecule has 2 aromatic carbocycles. The second-order valence-corrected chi connectivity index (χ2v) is 8.91. The van der Waals surface area contributed by atoms with Gasteiger partial charge in [-0.25, -0.2) is 13.1 Å². The fourth-order valence-electron chi connectivity index (χ4n) is 2.26. The molecule has 0 aromatic heterocycles. The van der Waals surface area contributed by atoms with E-state index in [9.17, 15) is 13.7 Å². The van der Waals surface area contributed by atoms with Crippen LogP contribution in [0.1, 0.15) is 24.0 Å². The first-order valence-electron chi connectivity index (χ1n) is 9.21. The average Bonchev–Trinajstić information content (AvgIpc) is 2.72. The maximum atomic E-state index is 10.6. The van der Waals surface area contributed by atoms with Crippen molar-refractivity contribution in [3.8, 4) is 23.3 Å². The van der Waals surface area contributed by atoms with Crippen LogP contribution in [-0.2, 0) is 10.0 Å². The molecule has 0 amide bonds. The van der Waals surface area contributed by atoms with Gasteiger partial charge in [0, 0.05) is 12.1 Å². The number of nitriles is 1. The molecule has 0 unspecified atom stereocenters. The number of hydrogen-bond donors (Lipinski definition) is 1. The van der Waals surface area contributed by atoms with E-state index in [1.165, 1.54) is 0 Å². The third-order valence-electron chi connectivity index (χ3n) is 3.70. The molecule has 1 N–H and O–H groups in total. The summed E-state index contributed by atoms with van der Waals surface area (Å²) in [6.45, 7) is 11.2. The van der Waals surface area contributed by atoms with Gasteiger partial charge in [-0.1, -0.05) is 23.7 Å². The fraction of sp³-hybridized carbons (Fsp3) is 0.273. The molecule has 0 saturated heterocycles. The molecule has 0 aliphatic rings. The summed E-state index contributed by atoms with van der Waals surface area (Å²) in [6.07, 6.45) is 2.21. The summed E-state index contributed by atoms with van der Waals surface area (Å²) < 4.78 is 34.6. The van der Waals surface area contributed by atoms with Crippen LogP contribution in [0.25, 0.3) is 0 Å². The first-order chi connectivity index (χ1) is 14.6. The Kier molecular flexibility index (Phi) is 14.6. The molecule has 0 radical (unpaired) electrons. The van der Waals surface area contributed by atoms with Crippen molar-refractivity contribution in [3.05, 3.63) is 73.3 Å². The summed E-state index contributed by atoms with van der Waals surface area (Å²) in [5.74, 6) is 1.74. The minimum atomic E-state index is -3.08. The van der Waals surface area contributed by atoms with Gasteiger partial charge >= 0.3 is 18.9 Å². The van der Waals surface area contributed by atoms with Gasteiger partial charge in [-0.15, -0.1) is 11.6 Å². The van der Waals surface area contributed by atoms with Crippen LogP contribution in [-0.4, -0.2) is 33.2 Å². The molecule has 0 aliphatic carbocycles. The summed E-state index contributed by atoms with van der Waals surface area (Å²) in [4.78, 5) is 0. The minimum Gasteiger partial charge on any atom is -0.489 e. The van der Waals surface area contributed by atoms with Gasteiger partial charge in [0.15, 0.2) is 5.75 Å². The van der Waals surface area contributed by atoms with Crippen molar-refractivity contribution in [3.63, 3.8) is 0 Å². The zero-order valence-corrected chi connectivity index (χ0v) is 20.6. The molecule has 2 rings (SSSR count). The number of nitrogens with one attached hydrogen (secondary N) is 1. The summed E-state index contributed by atoms with van der Waals surface area (Å²) >= 11 is 11.7. The third kappa shape index (κ3) is 11.4. The molecular formula is C22H25Cl2LiN2O4S-2. The minimum absolute atomic E-state index is 0. The van der Waals surface area contributed by atoms with Crippen molar-refractivity contribution in [1.82, 2.24) is 4.72 Å². The Hall–Kier alpha value is -1.51. The van der Waals surface area contributed by atoms with Crippen molar-refractivity contribution in [2.24, 2.45) is 0 Å². The van der Waals surface area contributed by atoms with Crippen LogP contribution in [0.4, 0.5) is 0 Å². The molecule has 10 heteroatoms. The molecule has 0 heterocycles. The van der Waals surface area contributed by atoms with Gasteiger partial charge in [-0.05, 0) is 6.04 Å². The molecule has 0 saturated carbocycles. The van der Waals surface area contributed by atoms with Gasteiger partial charge in [0.1, 0.15) is 24.2 Å². The van der Waals surface area contributed by atoms with E-state index in [0.29, 0.717) is 46.6 Å². The van der Waals surface area contributed by atoms with E-state index in [1.54, 1.807) is 24.3 Å². The number of alkyl halides is 1. The Labute approximate surface area is 213 Å². The van der Waals surface area contributed by atoms with E-state index in [4.69, 9.17) is 32.7 Å². The smallest absolute Gasteiger partial charge is 0.489 e. The van der Waals surface area contributed by atoms with Crippen molar-refractivity contribution >= 4 is 33.2 Å². The van der Waals surface area contributed by atoms with Crippen LogP contribution < -0.4 is 33.1 Å². The summed E-state index contributed by atoms with van der Waals surface area (Å²) in [5.41, 5.74) is 1.19. The molecule has 0 bridgehead atoms. The summed E-state index contributed by atoms with van der Waals surface area (Å²) in [5, 5.41) is 9.49. The average molecular weight is 491 g/mol. The van der Waals surface area contributed by atoms with Crippen LogP contribution in [0, 0.1) is 32.1 Å². The van der Waals surface area contributed by atoms with E-state index in [-0.39, 0.29) is 31.5 Å². The normalized spacial score (nSPS) is 10.4. The van der Waals surface area contributed by atoms with Crippen LogP contribution in [0.5, 0.6) is 17.2 Å². The maximum Gasteiger partial charge on any atom is 1.00 e. The standard InChI is InChI=1S/C16H12Cl2NO2.C6H13NO2S.Li/c1-11-2-4-13(5-3-11)21-14-8-12(10-19)16(15(18)9-14)20-7-6-17;1-4-6(5-2)7-10(3,8)9;/h2-5,8-9H,1,6-7H2;6-7H,1-2,4-5H2,3H3;/q-1;-2;+1. The molecular weight excluding hydrogens is 466 g/mol. The first-order valence-corrected chi connectivity index (χ1v) is 12.0. The predicted octanol–water partition coefficient (Wildman–Crippen LogP) is 2.16. The van der Waals surface area contributed by atoms with E-state index < -0.39 is 10.0 Å². The van der Waals surface area contributed by atoms with Crippen molar-refractivity contribution in [1.29, 1.82) is 5.26 Å². The van der Waals surface area contributed by atoms with Gasteiger partial charge < -0.3 is 23.3 Å². The van der Waals surface area contributed by atoms with E-state index in [0.717, 1.165) is 11.8 Å². The molecule has 32 heavy (non-hydrogen) atoms. The molecule has 2 aromatic rings. The molecule has 0 spiro atoms. The van der Waals surface area contributed by atoms with Crippen LogP contribution in [0.15, 0.2) is 36.4 Å². The monoisotopic (exact) mass is 490 g/mol. The Morgan fingerprint density at radius 1 is 1.16 bits per heavy atom. The Bertz CT molecular complexity index is 977. The van der Waals surface area contributed by atoms with Gasteiger partial charge in [-0.2, -0.15) is 42.7 Å². The fourth-order valence-corrected chi connectivity index (χ4v) is 3.44. The number of benzene rings is 2. The van der Waals surface area contributed by atoms with Crippen LogP contribution >= 0.6 is 23.2 Å². The predicted molar refractivity (Wildman–Crippen MR) is 125 cm³/mol. The van der Waals surface area contributed by atoms with Gasteiger partial charge in [-0.3, -0.25) is 0 Å². The van der Waals surface area contributed by atoms with Crippen molar-refractivity contribution < 1.29 is 36.8 Å². The second kappa shape index (κ2) is 15.3. The maximum absolute atomic E-state index is 10.6. The van der Waals surface area contributed by atoms with Crippen molar-refractivity contribution in [2.45, 2.75) is 18.9 Å². The number of nitrogens with zero attached hydrogens (tertiary/aromatic N) is 1. The van der Waals surface area contributed by atoms with Gasteiger partial charge in [0.2, 0.25) is 10.0 Å². The Morgan fingerprint density at radius 3 is 2.19 bits per heavy atom. The molecule has 0 atom stereocenters. The van der Waals surface area contributed by atoms with E-state index in [2.05, 4.69) is 25.5 Å². The quantitative estimate of drug-likeness (QED) is 0.330. The molecule has 0 aliphatic heterocycles. The Morgan fingerprint density at radius 2 is 1.75 bits per heavy atom. The largest absolute Gasteiger partial charge is 1.00 e. The molecule has 6 nitrogen and oxygen atoms in total. The SMILES string of the molecule is [CH2-]CC(C[CH2-])NS(C)(=O)=O.[CH2-]c1ccc(Oc2cc(Cl)c(OCCCl)c(C#N)c2)cc1.[Li+]. The third-order valence-corrected chi connectivity index (χ3v) is 4.89. The summed E-state index contributed by atoms with van der Waals surface area (Å²) in [6, 6.07) is 12.4. The summed E-state index contributed by atoms with van der Waals surface area (Å²) in [7, 11) is -3.08. The van der Waals surface area contributed by atoms with Crippen LogP contribution in [0.3, 0.4) is 0 Å². The molecule has 170 valence electrons. The van der Waals surface area contributed by atoms with E-state index in [1.807, 2.05) is 18.2 Å². The topological polar surface area (TPSA) is 88.4 Å². The van der Waals surface area contributed by atoms with Gasteiger partial charge in [0.25, 0.3) is 0 Å². The number of hydrogen-bond acceptors (Lipinski definition) is 5. The second-order valence-electron chi connectivity index (χ2n) is 6.34. The first kappa shape index (κ1) is 30.5.